The Bertz CT molecular complexity index is 1280. The number of ether oxygens (including phenoxy) is 1. The number of carbonyl (C=O) groups excluding carboxylic acids is 1. The van der Waals surface area contributed by atoms with Crippen molar-refractivity contribution in [2.45, 2.75) is 49.7 Å². The first-order chi connectivity index (χ1) is 17.5. The van der Waals surface area contributed by atoms with Gasteiger partial charge in [-0.1, -0.05) is 24.6 Å². The number of H-pyrrole nitrogens is 1. The van der Waals surface area contributed by atoms with Crippen LogP contribution in [-0.2, 0) is 10.2 Å². The maximum Gasteiger partial charge on any atom is 0.159 e. The van der Waals surface area contributed by atoms with Crippen LogP contribution in [0.15, 0.2) is 42.5 Å². The number of ketones is 1. The first-order valence-corrected chi connectivity index (χ1v) is 13.1. The number of nitrogens with zero attached hydrogens (tertiary/aromatic N) is 1. The number of carbonyl (C=O) groups is 1. The molecule has 2 aromatic carbocycles. The van der Waals surface area contributed by atoms with Crippen LogP contribution in [0.25, 0.3) is 10.9 Å². The number of piperidine rings is 1. The monoisotopic (exact) mass is 491 g/mol. The molecule has 1 saturated heterocycles. The third-order valence-corrected chi connectivity index (χ3v) is 8.72. The van der Waals surface area contributed by atoms with E-state index < -0.39 is 18.0 Å². The Morgan fingerprint density at radius 3 is 2.69 bits per heavy atom. The van der Waals surface area contributed by atoms with Crippen molar-refractivity contribution >= 4 is 16.7 Å². The molecule has 36 heavy (non-hydrogen) atoms. The van der Waals surface area contributed by atoms with E-state index in [0.29, 0.717) is 6.54 Å². The van der Waals surface area contributed by atoms with Gasteiger partial charge in [0, 0.05) is 52.6 Å². The Morgan fingerprint density at radius 2 is 2.00 bits per heavy atom. The van der Waals surface area contributed by atoms with Gasteiger partial charge in [-0.25, -0.2) is 4.39 Å². The first-order valence-electron chi connectivity index (χ1n) is 13.1. The summed E-state index contributed by atoms with van der Waals surface area (Å²) in [6.45, 7) is 2.66. The summed E-state index contributed by atoms with van der Waals surface area (Å²) in [5.41, 5.74) is 3.29. The molecule has 2 atom stereocenters. The highest BCUT2D eigenvalue weighted by Crippen LogP contribution is 2.50. The van der Waals surface area contributed by atoms with Gasteiger partial charge in [-0.3, -0.25) is 9.69 Å². The van der Waals surface area contributed by atoms with Crippen molar-refractivity contribution in [1.82, 2.24) is 15.2 Å². The predicted molar refractivity (Wildman–Crippen MR) is 137 cm³/mol. The van der Waals surface area contributed by atoms with Crippen LogP contribution < -0.4 is 10.1 Å². The fourth-order valence-corrected chi connectivity index (χ4v) is 6.63. The number of aliphatic hydroxyl groups excluding tert-OH is 1. The Hall–Kier alpha value is -2.74. The number of hydrogen-bond donors (Lipinski definition) is 3. The molecule has 3 N–H and O–H groups in total. The van der Waals surface area contributed by atoms with E-state index in [4.69, 9.17) is 4.74 Å². The molecule has 1 saturated carbocycles. The summed E-state index contributed by atoms with van der Waals surface area (Å²) in [7, 11) is 1.66. The number of aromatic nitrogens is 1. The lowest BCUT2D eigenvalue weighted by atomic mass is 9.67. The van der Waals surface area contributed by atoms with Crippen LogP contribution in [0, 0.1) is 11.7 Å². The number of nitrogens with one attached hydrogen (secondary N) is 2. The largest absolute Gasteiger partial charge is 0.497 e. The minimum Gasteiger partial charge on any atom is -0.497 e. The van der Waals surface area contributed by atoms with Crippen molar-refractivity contribution in [3.05, 3.63) is 65.1 Å². The second kappa shape index (κ2) is 9.29. The maximum absolute atomic E-state index is 14.6. The summed E-state index contributed by atoms with van der Waals surface area (Å²) in [6.07, 6.45) is 3.76. The lowest BCUT2D eigenvalue weighted by Crippen LogP contribution is -2.55. The average molecular weight is 492 g/mol. The third kappa shape index (κ3) is 3.85. The van der Waals surface area contributed by atoms with E-state index in [0.717, 1.165) is 67.5 Å². The molecule has 6 rings (SSSR count). The van der Waals surface area contributed by atoms with Crippen molar-refractivity contribution < 1.29 is 19.0 Å². The van der Waals surface area contributed by atoms with E-state index in [2.05, 4.69) is 21.3 Å². The molecule has 2 aliphatic heterocycles. The van der Waals surface area contributed by atoms with Gasteiger partial charge in [0.2, 0.25) is 0 Å². The predicted octanol–water partition coefficient (Wildman–Crippen LogP) is 4.40. The molecule has 1 aromatic heterocycles. The molecular formula is C29H34FN3O3. The zero-order valence-electron chi connectivity index (χ0n) is 20.7. The standard InChI is InChI=1S/C29H34FN3O3/c1-36-19-9-10-21-23(15-19)32-26-25(21)29(11-13-31-14-12-29)17-33(27(26)28(35)18-5-4-6-18)16-24(34)20-7-2-3-8-22(20)30/h2-3,7-10,15,18,24,27,31-32,34H,4-6,11-14,16-17H2,1H3. The van der Waals surface area contributed by atoms with Gasteiger partial charge in [0.15, 0.2) is 5.78 Å². The maximum atomic E-state index is 14.6. The fraction of sp³-hybridized carbons (Fsp3) is 0.483. The fourth-order valence-electron chi connectivity index (χ4n) is 6.63. The molecular weight excluding hydrogens is 457 g/mol. The van der Waals surface area contributed by atoms with Gasteiger partial charge in [0.05, 0.1) is 13.2 Å². The van der Waals surface area contributed by atoms with Crippen LogP contribution in [0.2, 0.25) is 0 Å². The van der Waals surface area contributed by atoms with E-state index in [1.807, 2.05) is 12.1 Å². The first kappa shape index (κ1) is 23.6. The minimum absolute atomic E-state index is 0.0407. The molecule has 6 nitrogen and oxygen atoms in total. The van der Waals surface area contributed by atoms with Crippen molar-refractivity contribution in [3.63, 3.8) is 0 Å². The zero-order valence-corrected chi connectivity index (χ0v) is 20.7. The van der Waals surface area contributed by atoms with E-state index in [9.17, 15) is 14.3 Å². The Kier molecular flexibility index (Phi) is 6.10. The Morgan fingerprint density at radius 1 is 1.22 bits per heavy atom. The van der Waals surface area contributed by atoms with Crippen molar-refractivity contribution in [3.8, 4) is 5.75 Å². The van der Waals surface area contributed by atoms with Crippen LogP contribution in [0.4, 0.5) is 4.39 Å². The van der Waals surface area contributed by atoms with E-state index >= 15 is 0 Å². The van der Waals surface area contributed by atoms with Crippen molar-refractivity contribution in [2.75, 3.05) is 33.3 Å². The van der Waals surface area contributed by atoms with Gasteiger partial charge >= 0.3 is 0 Å². The summed E-state index contributed by atoms with van der Waals surface area (Å²) < 4.78 is 20.1. The lowest BCUT2D eigenvalue weighted by molar-refractivity contribution is -0.133. The van der Waals surface area contributed by atoms with E-state index in [1.165, 1.54) is 11.6 Å². The molecule has 3 aromatic rings. The highest BCUT2D eigenvalue weighted by Gasteiger charge is 2.50. The average Bonchev–Trinajstić information content (AvgIpc) is 3.23. The molecule has 0 bridgehead atoms. The number of Topliss-reactive ketones (excluding diaryl/α,β-unsaturated/α-hetero) is 1. The number of halogens is 1. The summed E-state index contributed by atoms with van der Waals surface area (Å²) in [5.74, 6) is 0.609. The zero-order chi connectivity index (χ0) is 24.9. The van der Waals surface area contributed by atoms with Gasteiger partial charge in [-0.2, -0.15) is 0 Å². The minimum atomic E-state index is -1.02. The Balaban J connectivity index is 1.48. The van der Waals surface area contributed by atoms with Gasteiger partial charge in [-0.05, 0) is 62.5 Å². The highest BCUT2D eigenvalue weighted by molar-refractivity contribution is 5.94. The second-order valence-electron chi connectivity index (χ2n) is 10.8. The van der Waals surface area contributed by atoms with Crippen LogP contribution in [0.5, 0.6) is 5.75 Å². The van der Waals surface area contributed by atoms with Crippen LogP contribution in [0.1, 0.15) is 61.1 Å². The number of aliphatic hydroxyl groups is 1. The molecule has 3 aliphatic rings. The van der Waals surface area contributed by atoms with Gasteiger partial charge in [-0.15, -0.1) is 0 Å². The summed E-state index contributed by atoms with van der Waals surface area (Å²) >= 11 is 0. The Labute approximate surface area is 210 Å². The van der Waals surface area contributed by atoms with Gasteiger partial charge in [0.25, 0.3) is 0 Å². The molecule has 3 heterocycles. The smallest absolute Gasteiger partial charge is 0.159 e. The van der Waals surface area contributed by atoms with E-state index in [1.54, 1.807) is 25.3 Å². The molecule has 190 valence electrons. The normalized spacial score (nSPS) is 22.8. The number of fused-ring (bicyclic) bond motifs is 4. The molecule has 1 spiro atoms. The second-order valence-corrected chi connectivity index (χ2v) is 10.8. The SMILES string of the molecule is COc1ccc2c3c([nH]c2c1)C(C(=O)C1CCC1)N(CC(O)c1ccccc1F)CC31CCNCC1. The number of benzene rings is 2. The van der Waals surface area contributed by atoms with Gasteiger partial charge in [0.1, 0.15) is 17.6 Å². The molecule has 1 aliphatic carbocycles. The van der Waals surface area contributed by atoms with Crippen LogP contribution >= 0.6 is 0 Å². The summed E-state index contributed by atoms with van der Waals surface area (Å²) in [4.78, 5) is 19.7. The number of β-amino-alcohol motifs (C(OH)–C–C–N with tert-alkyl or cyclic N) is 1. The molecule has 2 unspecified atom stereocenters. The molecule has 2 fully saturated rings. The molecule has 7 heteroatoms. The lowest BCUT2D eigenvalue weighted by Gasteiger charge is -2.49. The van der Waals surface area contributed by atoms with Crippen LogP contribution in [0.3, 0.4) is 0 Å². The third-order valence-electron chi connectivity index (χ3n) is 8.72. The number of hydrogen-bond acceptors (Lipinski definition) is 5. The molecule has 0 amide bonds. The van der Waals surface area contributed by atoms with Crippen molar-refractivity contribution in [1.29, 1.82) is 0 Å². The van der Waals surface area contributed by atoms with Crippen molar-refractivity contribution in [2.24, 2.45) is 5.92 Å². The quantitative estimate of drug-likeness (QED) is 0.477. The summed E-state index contributed by atoms with van der Waals surface area (Å²) in [5, 5.41) is 15.8. The van der Waals surface area contributed by atoms with E-state index in [-0.39, 0.29) is 29.2 Å². The number of methoxy groups -OCH3 is 1. The molecule has 0 radical (unpaired) electrons. The number of aromatic amines is 1. The van der Waals surface area contributed by atoms with Gasteiger partial charge < -0.3 is 20.1 Å². The van der Waals surface area contributed by atoms with Crippen LogP contribution in [-0.4, -0.2) is 54.1 Å². The number of rotatable bonds is 6. The topological polar surface area (TPSA) is 77.6 Å². The summed E-state index contributed by atoms with van der Waals surface area (Å²) in [6, 6.07) is 12.0. The highest BCUT2D eigenvalue weighted by atomic mass is 19.1.